The summed E-state index contributed by atoms with van der Waals surface area (Å²) in [6, 6.07) is 0. The summed E-state index contributed by atoms with van der Waals surface area (Å²) in [6.45, 7) is 6.93. The van der Waals surface area contributed by atoms with Gasteiger partial charge in [-0.2, -0.15) is 0 Å². The molecule has 15 nitrogen and oxygen atoms in total. The summed E-state index contributed by atoms with van der Waals surface area (Å²) >= 11 is 7.11. The number of hydrogen-bond donors (Lipinski definition) is 3. The molecule has 6 aromatic rings. The Labute approximate surface area is 236 Å². The van der Waals surface area contributed by atoms with E-state index in [4.69, 9.17) is 25.0 Å². The third-order valence-electron chi connectivity index (χ3n) is 6.25. The van der Waals surface area contributed by atoms with E-state index in [0.29, 0.717) is 51.5 Å². The van der Waals surface area contributed by atoms with Gasteiger partial charge < -0.3 is 25.3 Å². The molecule has 1 unspecified atom stereocenters. The van der Waals surface area contributed by atoms with Crippen molar-refractivity contribution < 1.29 is 14.4 Å². The number of anilines is 2. The number of fused-ring (bicyclic) bond motifs is 2. The van der Waals surface area contributed by atoms with Gasteiger partial charge in [0, 0.05) is 25.5 Å². The average Bonchev–Trinajstić information content (AvgIpc) is 3.70. The van der Waals surface area contributed by atoms with Crippen LogP contribution in [-0.4, -0.2) is 54.8 Å². The van der Waals surface area contributed by atoms with Crippen LogP contribution in [0, 0.1) is 6.92 Å². The molecule has 6 aromatic heterocycles. The van der Waals surface area contributed by atoms with Gasteiger partial charge in [-0.1, -0.05) is 0 Å². The second kappa shape index (κ2) is 9.65. The van der Waals surface area contributed by atoms with E-state index in [1.807, 2.05) is 29.9 Å². The topological polar surface area (TPSA) is 198 Å². The van der Waals surface area contributed by atoms with Gasteiger partial charge in [-0.3, -0.25) is 9.97 Å². The number of rotatable bonds is 7. The largest absolute Gasteiger partial charge is 0.379 e. The highest BCUT2D eigenvalue weighted by Gasteiger charge is 2.28. The van der Waals surface area contributed by atoms with Crippen LogP contribution in [0.1, 0.15) is 31.5 Å². The van der Waals surface area contributed by atoms with Crippen molar-refractivity contribution >= 4 is 65.6 Å². The Hall–Kier alpha value is -3.96. The number of nitrogens with zero attached hydrogens (tertiary/aromatic N) is 10. The van der Waals surface area contributed by atoms with E-state index in [1.165, 1.54) is 0 Å². The van der Waals surface area contributed by atoms with Gasteiger partial charge in [-0.15, -0.1) is 0 Å². The highest BCUT2D eigenvalue weighted by Crippen LogP contribution is 2.36. The molecule has 0 amide bonds. The van der Waals surface area contributed by atoms with Crippen molar-refractivity contribution in [3.8, 4) is 23.0 Å². The van der Waals surface area contributed by atoms with E-state index in [9.17, 15) is 5.11 Å². The van der Waals surface area contributed by atoms with Gasteiger partial charge >= 0.3 is 0 Å². The SMILES string of the molecule is CCn1c(-c2nonc2NC(O)c2ncc(Br)c3c2nc(-c2nonc2N)n3CC)nc2c(C)ncc(Br)c21. The van der Waals surface area contributed by atoms with Gasteiger partial charge in [0.1, 0.15) is 16.7 Å². The van der Waals surface area contributed by atoms with Crippen molar-refractivity contribution in [2.75, 3.05) is 11.1 Å². The zero-order chi connectivity index (χ0) is 27.4. The molecular weight excluding hydrogens is 640 g/mol. The lowest BCUT2D eigenvalue weighted by Crippen LogP contribution is -2.13. The molecule has 0 aliphatic rings. The summed E-state index contributed by atoms with van der Waals surface area (Å²) in [5.41, 5.74) is 10.2. The van der Waals surface area contributed by atoms with E-state index in [-0.39, 0.29) is 23.0 Å². The number of nitrogens with one attached hydrogen (secondary N) is 1. The van der Waals surface area contributed by atoms with E-state index < -0.39 is 6.23 Å². The Bertz CT molecular complexity index is 1860. The summed E-state index contributed by atoms with van der Waals surface area (Å²) in [6.07, 6.45) is 1.97. The van der Waals surface area contributed by atoms with Crippen molar-refractivity contribution in [1.29, 1.82) is 0 Å². The van der Waals surface area contributed by atoms with Gasteiger partial charge in [0.25, 0.3) is 0 Å². The predicted molar refractivity (Wildman–Crippen MR) is 146 cm³/mol. The van der Waals surface area contributed by atoms with Crippen molar-refractivity contribution in [3.63, 3.8) is 0 Å². The molecule has 200 valence electrons. The Balaban J connectivity index is 1.44. The van der Waals surface area contributed by atoms with Crippen LogP contribution in [0.4, 0.5) is 11.6 Å². The predicted octanol–water partition coefficient (Wildman–Crippen LogP) is 3.83. The molecule has 0 bridgehead atoms. The molecule has 0 radical (unpaired) electrons. The Morgan fingerprint density at radius 1 is 0.897 bits per heavy atom. The average molecular weight is 660 g/mol. The Morgan fingerprint density at radius 2 is 1.49 bits per heavy atom. The lowest BCUT2D eigenvalue weighted by atomic mass is 10.2. The maximum atomic E-state index is 11.3. The molecule has 4 N–H and O–H groups in total. The lowest BCUT2D eigenvalue weighted by Gasteiger charge is -2.13. The smallest absolute Gasteiger partial charge is 0.204 e. The molecule has 0 aliphatic carbocycles. The standard InChI is InChI=1S/C22H20Br2N12O3/c1-4-35-16-9(23)6-26-8(3)11(16)28-21(35)15-19(34-39-32-15)30-22(37)13-12-17(10(24)7-27-13)36(5-2)20(29-12)14-18(25)33-38-31-14/h6-7,22,37H,4-5H2,1-3H3,(H2,25,33)(H,30,34). The van der Waals surface area contributed by atoms with Crippen LogP contribution in [0.15, 0.2) is 30.6 Å². The summed E-state index contributed by atoms with van der Waals surface area (Å²) in [7, 11) is 0. The van der Waals surface area contributed by atoms with Crippen molar-refractivity contribution in [2.45, 2.75) is 40.1 Å². The molecule has 0 saturated heterocycles. The summed E-state index contributed by atoms with van der Waals surface area (Å²) in [4.78, 5) is 18.3. The molecule has 0 aliphatic heterocycles. The van der Waals surface area contributed by atoms with Crippen molar-refractivity contribution in [2.24, 2.45) is 0 Å². The van der Waals surface area contributed by atoms with Crippen molar-refractivity contribution in [1.82, 2.24) is 49.7 Å². The summed E-state index contributed by atoms with van der Waals surface area (Å²) in [5, 5.41) is 29.9. The van der Waals surface area contributed by atoms with Crippen LogP contribution in [0.5, 0.6) is 0 Å². The number of hydrogen-bond acceptors (Lipinski definition) is 13. The van der Waals surface area contributed by atoms with Crippen LogP contribution < -0.4 is 11.1 Å². The van der Waals surface area contributed by atoms with E-state index in [2.05, 4.69) is 67.8 Å². The number of halogens is 2. The molecule has 39 heavy (non-hydrogen) atoms. The quantitative estimate of drug-likeness (QED) is 0.209. The summed E-state index contributed by atoms with van der Waals surface area (Å²) < 4.78 is 15.1. The number of aliphatic hydroxyl groups is 1. The van der Waals surface area contributed by atoms with Crippen LogP contribution >= 0.6 is 31.9 Å². The monoisotopic (exact) mass is 658 g/mol. The first-order chi connectivity index (χ1) is 18.8. The molecule has 0 aromatic carbocycles. The molecule has 6 rings (SSSR count). The zero-order valence-corrected chi connectivity index (χ0v) is 23.9. The molecule has 0 saturated carbocycles. The van der Waals surface area contributed by atoms with Gasteiger partial charge in [0.05, 0.1) is 25.7 Å². The third-order valence-corrected chi connectivity index (χ3v) is 7.41. The van der Waals surface area contributed by atoms with Crippen LogP contribution in [-0.2, 0) is 13.1 Å². The van der Waals surface area contributed by atoms with Gasteiger partial charge in [-0.25, -0.2) is 19.2 Å². The third kappa shape index (κ3) is 3.95. The maximum absolute atomic E-state index is 11.3. The molecule has 0 fully saturated rings. The van der Waals surface area contributed by atoms with Crippen molar-refractivity contribution in [3.05, 3.63) is 32.7 Å². The zero-order valence-electron chi connectivity index (χ0n) is 20.7. The van der Waals surface area contributed by atoms with Crippen LogP contribution in [0.2, 0.25) is 0 Å². The molecule has 1 atom stereocenters. The number of aliphatic hydroxyl groups excluding tert-OH is 1. The normalized spacial score (nSPS) is 12.6. The number of nitrogens with two attached hydrogens (primary N) is 1. The fraction of sp³-hybridized carbons (Fsp3) is 0.273. The second-order valence-corrected chi connectivity index (χ2v) is 10.2. The Morgan fingerprint density at radius 3 is 2.15 bits per heavy atom. The van der Waals surface area contributed by atoms with E-state index in [1.54, 1.807) is 12.4 Å². The lowest BCUT2D eigenvalue weighted by molar-refractivity contribution is 0.203. The number of pyridine rings is 2. The van der Waals surface area contributed by atoms with Gasteiger partial charge in [0.15, 0.2) is 35.1 Å². The second-order valence-electron chi connectivity index (χ2n) is 8.44. The number of aryl methyl sites for hydroxylation is 3. The molecule has 17 heteroatoms. The summed E-state index contributed by atoms with van der Waals surface area (Å²) in [5.74, 6) is 1.19. The highest BCUT2D eigenvalue weighted by molar-refractivity contribution is 9.11. The van der Waals surface area contributed by atoms with Gasteiger partial charge in [0.2, 0.25) is 5.82 Å². The number of imidazole rings is 2. The first-order valence-corrected chi connectivity index (χ1v) is 13.3. The van der Waals surface area contributed by atoms with Gasteiger partial charge in [-0.05, 0) is 73.3 Å². The number of nitrogen functional groups attached to an aromatic ring is 1. The fourth-order valence-electron chi connectivity index (χ4n) is 4.50. The highest BCUT2D eigenvalue weighted by atomic mass is 79.9. The van der Waals surface area contributed by atoms with Crippen LogP contribution in [0.3, 0.4) is 0 Å². The van der Waals surface area contributed by atoms with E-state index >= 15 is 0 Å². The molecule has 6 heterocycles. The first kappa shape index (κ1) is 25.3. The minimum absolute atomic E-state index is 0.0958. The fourth-order valence-corrected chi connectivity index (χ4v) is 5.51. The maximum Gasteiger partial charge on any atom is 0.204 e. The number of aromatic nitrogens is 10. The van der Waals surface area contributed by atoms with E-state index in [0.717, 1.165) is 15.7 Å². The minimum atomic E-state index is -1.35. The molecular formula is C22H20Br2N12O3. The van der Waals surface area contributed by atoms with Crippen LogP contribution in [0.25, 0.3) is 45.1 Å². The minimum Gasteiger partial charge on any atom is -0.379 e. The first-order valence-electron chi connectivity index (χ1n) is 11.8. The molecule has 0 spiro atoms. The Kier molecular flexibility index (Phi) is 6.27.